The zero-order chi connectivity index (χ0) is 14.4. The first kappa shape index (κ1) is 14.6. The first-order valence-electron chi connectivity index (χ1n) is 6.48. The van der Waals surface area contributed by atoms with Crippen molar-refractivity contribution in [3.63, 3.8) is 0 Å². The van der Waals surface area contributed by atoms with Crippen LogP contribution in [0.4, 0.5) is 0 Å². The van der Waals surface area contributed by atoms with Crippen LogP contribution < -0.4 is 9.47 Å². The summed E-state index contributed by atoms with van der Waals surface area (Å²) in [5.74, 6) is 1.59. The third-order valence-corrected chi connectivity index (χ3v) is 4.02. The number of hydrogen-bond acceptors (Lipinski definition) is 4. The van der Waals surface area contributed by atoms with Crippen molar-refractivity contribution in [2.75, 3.05) is 14.2 Å². The first-order chi connectivity index (χ1) is 9.72. The molecule has 1 aromatic carbocycles. The van der Waals surface area contributed by atoms with Crippen LogP contribution in [0.5, 0.6) is 11.5 Å². The lowest BCUT2D eigenvalue weighted by Gasteiger charge is -2.09. The van der Waals surface area contributed by atoms with Crippen LogP contribution in [0.3, 0.4) is 0 Å². The van der Waals surface area contributed by atoms with Gasteiger partial charge in [0, 0.05) is 17.7 Å². The normalized spacial score (nSPS) is 10.3. The molecule has 4 heteroatoms. The first-order valence-corrected chi connectivity index (χ1v) is 7.36. The van der Waals surface area contributed by atoms with Crippen LogP contribution in [0, 0.1) is 0 Å². The second kappa shape index (κ2) is 7.10. The Balaban J connectivity index is 1.93. The summed E-state index contributed by atoms with van der Waals surface area (Å²) < 4.78 is 10.4. The third-order valence-electron chi connectivity index (χ3n) is 3.08. The van der Waals surface area contributed by atoms with Gasteiger partial charge in [-0.05, 0) is 35.6 Å². The van der Waals surface area contributed by atoms with Gasteiger partial charge in [0.25, 0.3) is 0 Å². The molecule has 106 valence electrons. The summed E-state index contributed by atoms with van der Waals surface area (Å²) in [6.45, 7) is 0. The quantitative estimate of drug-likeness (QED) is 0.783. The summed E-state index contributed by atoms with van der Waals surface area (Å²) >= 11 is 1.69. The molecule has 0 N–H and O–H groups in total. The van der Waals surface area contributed by atoms with E-state index in [0.29, 0.717) is 24.3 Å². The largest absolute Gasteiger partial charge is 0.493 e. The standard InChI is InChI=1S/C16H18O3S/c1-18-15-8-5-12(11-16(15)19-2)10-13(17)6-7-14-4-3-9-20-14/h3-5,8-9,11H,6-7,10H2,1-2H3. The maximum atomic E-state index is 12.0. The molecule has 0 bridgehead atoms. The molecule has 0 aliphatic rings. The second-order valence-corrected chi connectivity index (χ2v) is 5.52. The van der Waals surface area contributed by atoms with Crippen molar-refractivity contribution < 1.29 is 14.3 Å². The number of ether oxygens (including phenoxy) is 2. The predicted octanol–water partition coefficient (Wildman–Crippen LogP) is 3.51. The number of aryl methyl sites for hydroxylation is 1. The molecule has 0 spiro atoms. The lowest BCUT2D eigenvalue weighted by molar-refractivity contribution is -0.118. The molecule has 20 heavy (non-hydrogen) atoms. The summed E-state index contributed by atoms with van der Waals surface area (Å²) in [5.41, 5.74) is 0.957. The van der Waals surface area contributed by atoms with Gasteiger partial charge in [0.1, 0.15) is 5.78 Å². The van der Waals surface area contributed by atoms with E-state index in [1.807, 2.05) is 29.6 Å². The number of ketones is 1. The van der Waals surface area contributed by atoms with Gasteiger partial charge in [-0.1, -0.05) is 12.1 Å². The molecular weight excluding hydrogens is 272 g/mol. The second-order valence-electron chi connectivity index (χ2n) is 4.48. The Kier molecular flexibility index (Phi) is 5.18. The van der Waals surface area contributed by atoms with E-state index in [0.717, 1.165) is 12.0 Å². The summed E-state index contributed by atoms with van der Waals surface area (Å²) in [7, 11) is 3.20. The zero-order valence-electron chi connectivity index (χ0n) is 11.7. The van der Waals surface area contributed by atoms with Crippen LogP contribution in [-0.4, -0.2) is 20.0 Å². The van der Waals surface area contributed by atoms with Crippen LogP contribution in [0.1, 0.15) is 16.9 Å². The average Bonchev–Trinajstić information content (AvgIpc) is 2.98. The molecule has 0 atom stereocenters. The van der Waals surface area contributed by atoms with Gasteiger partial charge in [-0.3, -0.25) is 4.79 Å². The van der Waals surface area contributed by atoms with E-state index >= 15 is 0 Å². The summed E-state index contributed by atoms with van der Waals surface area (Å²) in [4.78, 5) is 13.2. The van der Waals surface area contributed by atoms with Crippen LogP contribution in [0.25, 0.3) is 0 Å². The molecule has 0 saturated carbocycles. The van der Waals surface area contributed by atoms with Crippen molar-refractivity contribution >= 4 is 17.1 Å². The van der Waals surface area contributed by atoms with E-state index in [2.05, 4.69) is 6.07 Å². The van der Waals surface area contributed by atoms with E-state index < -0.39 is 0 Å². The fraction of sp³-hybridized carbons (Fsp3) is 0.312. The highest BCUT2D eigenvalue weighted by Crippen LogP contribution is 2.27. The van der Waals surface area contributed by atoms with Crippen molar-refractivity contribution in [2.45, 2.75) is 19.3 Å². The fourth-order valence-corrected chi connectivity index (χ4v) is 2.73. The SMILES string of the molecule is COc1ccc(CC(=O)CCc2cccs2)cc1OC. The minimum absolute atomic E-state index is 0.241. The Morgan fingerprint density at radius 2 is 1.95 bits per heavy atom. The molecule has 2 aromatic rings. The topological polar surface area (TPSA) is 35.5 Å². The summed E-state index contributed by atoms with van der Waals surface area (Å²) in [6, 6.07) is 9.68. The molecule has 2 rings (SSSR count). The van der Waals surface area contributed by atoms with Gasteiger partial charge in [-0.2, -0.15) is 0 Å². The Morgan fingerprint density at radius 1 is 1.15 bits per heavy atom. The van der Waals surface area contributed by atoms with E-state index in [-0.39, 0.29) is 5.78 Å². The lowest BCUT2D eigenvalue weighted by Crippen LogP contribution is -2.04. The molecule has 1 aromatic heterocycles. The summed E-state index contributed by atoms with van der Waals surface area (Å²) in [6.07, 6.45) is 1.84. The summed E-state index contributed by atoms with van der Waals surface area (Å²) in [5, 5.41) is 2.04. The third kappa shape index (κ3) is 3.84. The Labute approximate surface area is 123 Å². The van der Waals surface area contributed by atoms with Crippen LogP contribution >= 0.6 is 11.3 Å². The van der Waals surface area contributed by atoms with Gasteiger partial charge in [0.15, 0.2) is 11.5 Å². The van der Waals surface area contributed by atoms with Gasteiger partial charge in [-0.25, -0.2) is 0 Å². The van der Waals surface area contributed by atoms with Gasteiger partial charge in [0.05, 0.1) is 14.2 Å². The maximum absolute atomic E-state index is 12.0. The van der Waals surface area contributed by atoms with Crippen molar-refractivity contribution in [1.29, 1.82) is 0 Å². The highest BCUT2D eigenvalue weighted by Gasteiger charge is 2.09. The monoisotopic (exact) mass is 290 g/mol. The molecule has 0 aliphatic carbocycles. The molecule has 3 nitrogen and oxygen atoms in total. The van der Waals surface area contributed by atoms with Gasteiger partial charge >= 0.3 is 0 Å². The predicted molar refractivity (Wildman–Crippen MR) is 80.9 cm³/mol. The molecule has 0 aliphatic heterocycles. The highest BCUT2D eigenvalue weighted by atomic mass is 32.1. The van der Waals surface area contributed by atoms with Crippen molar-refractivity contribution in [2.24, 2.45) is 0 Å². The molecule has 0 fully saturated rings. The van der Waals surface area contributed by atoms with Crippen LogP contribution in [0.2, 0.25) is 0 Å². The number of carbonyl (C=O) groups excluding carboxylic acids is 1. The minimum atomic E-state index is 0.241. The van der Waals surface area contributed by atoms with Gasteiger partial charge < -0.3 is 9.47 Å². The number of thiophene rings is 1. The number of benzene rings is 1. The average molecular weight is 290 g/mol. The van der Waals surface area contributed by atoms with Crippen molar-refractivity contribution in [3.8, 4) is 11.5 Å². The molecule has 0 amide bonds. The Morgan fingerprint density at radius 3 is 2.60 bits per heavy atom. The molecule has 0 saturated heterocycles. The van der Waals surface area contributed by atoms with Gasteiger partial charge in [0.2, 0.25) is 0 Å². The van der Waals surface area contributed by atoms with Gasteiger partial charge in [-0.15, -0.1) is 11.3 Å². The van der Waals surface area contributed by atoms with E-state index in [1.165, 1.54) is 4.88 Å². The number of Topliss-reactive ketones (excluding diaryl/α,β-unsaturated/α-hetero) is 1. The maximum Gasteiger partial charge on any atom is 0.161 e. The van der Waals surface area contributed by atoms with Crippen LogP contribution in [-0.2, 0) is 17.6 Å². The van der Waals surface area contributed by atoms with E-state index in [1.54, 1.807) is 25.6 Å². The van der Waals surface area contributed by atoms with E-state index in [4.69, 9.17) is 9.47 Å². The fourth-order valence-electron chi connectivity index (χ4n) is 2.02. The molecule has 1 heterocycles. The number of methoxy groups -OCH3 is 2. The molecule has 0 unspecified atom stereocenters. The Bertz CT molecular complexity index is 561. The molecule has 0 radical (unpaired) electrons. The van der Waals surface area contributed by atoms with Crippen molar-refractivity contribution in [3.05, 3.63) is 46.2 Å². The minimum Gasteiger partial charge on any atom is -0.493 e. The number of hydrogen-bond donors (Lipinski definition) is 0. The smallest absolute Gasteiger partial charge is 0.161 e. The Hall–Kier alpha value is -1.81. The number of carbonyl (C=O) groups is 1. The zero-order valence-corrected chi connectivity index (χ0v) is 12.5. The van der Waals surface area contributed by atoms with Crippen LogP contribution in [0.15, 0.2) is 35.7 Å². The number of rotatable bonds is 7. The lowest BCUT2D eigenvalue weighted by atomic mass is 10.0. The van der Waals surface area contributed by atoms with E-state index in [9.17, 15) is 4.79 Å². The highest BCUT2D eigenvalue weighted by molar-refractivity contribution is 7.09. The van der Waals surface area contributed by atoms with Crippen molar-refractivity contribution in [1.82, 2.24) is 0 Å². The molecular formula is C16H18O3S.